The summed E-state index contributed by atoms with van der Waals surface area (Å²) in [5.74, 6) is 0. The van der Waals surface area contributed by atoms with E-state index in [4.69, 9.17) is 0 Å². The van der Waals surface area contributed by atoms with Gasteiger partial charge in [-0.2, -0.15) is 0 Å². The molecule has 0 bridgehead atoms. The molecule has 0 saturated heterocycles. The number of nitrogens with zero attached hydrogens (tertiary/aromatic N) is 2. The van der Waals surface area contributed by atoms with Crippen LogP contribution in [0.2, 0.25) is 0 Å². The van der Waals surface area contributed by atoms with Crippen LogP contribution in [-0.2, 0) is 0 Å². The maximum atomic E-state index is 10.1. The Bertz CT molecular complexity index is 114. The molecule has 0 aliphatic heterocycles. The zero-order valence-corrected chi connectivity index (χ0v) is 4.87. The highest BCUT2D eigenvalue weighted by Crippen LogP contribution is 1.66. The maximum Gasteiger partial charge on any atom is 0.115 e. The molecule has 0 aliphatic rings. The number of halogens is 1. The van der Waals surface area contributed by atoms with Gasteiger partial charge in [0.25, 0.3) is 0 Å². The summed E-state index contributed by atoms with van der Waals surface area (Å²) in [6, 6.07) is 1.78. The number of hydrogen-bond acceptors (Lipinski definition) is 2. The molecule has 0 N–H and O–H groups in total. The first kappa shape index (κ1) is 7.75. The Balaban J connectivity index is 0.000000187. The monoisotopic (exact) mass is 126 g/mol. The summed E-state index contributed by atoms with van der Waals surface area (Å²) in [4.78, 5) is 7.35. The summed E-state index contributed by atoms with van der Waals surface area (Å²) < 4.78 is 10.1. The third-order valence-electron chi connectivity index (χ3n) is 0.478. The molecule has 0 radical (unpaired) electrons. The second-order valence-corrected chi connectivity index (χ2v) is 1.06. The lowest BCUT2D eigenvalue weighted by Crippen LogP contribution is -1.66. The van der Waals surface area contributed by atoms with Crippen molar-refractivity contribution in [1.29, 1.82) is 0 Å². The quantitative estimate of drug-likeness (QED) is 0.527. The van der Waals surface area contributed by atoms with E-state index in [1.54, 1.807) is 18.5 Å². The van der Waals surface area contributed by atoms with Crippen LogP contribution < -0.4 is 0 Å². The highest BCUT2D eigenvalue weighted by atomic mass is 19.1. The fourth-order valence-corrected chi connectivity index (χ4v) is 0.253. The largest absolute Gasteiger partial charge is 0.245 e. The van der Waals surface area contributed by atoms with Gasteiger partial charge >= 0.3 is 0 Å². The second-order valence-electron chi connectivity index (χ2n) is 1.06. The van der Waals surface area contributed by atoms with Crippen LogP contribution in [0.3, 0.4) is 0 Å². The zero-order valence-electron chi connectivity index (χ0n) is 4.87. The summed E-state index contributed by atoms with van der Waals surface area (Å²) in [5, 5.41) is 0. The van der Waals surface area contributed by atoms with Crippen molar-refractivity contribution in [1.82, 2.24) is 9.97 Å². The first-order chi connectivity index (χ1) is 4.41. The standard InChI is InChI=1S/C4H4N2.C2H3F/c1-2-5-4-6-3-1;1-2-3/h1-4H;2H,1H2. The second kappa shape index (κ2) is 6.75. The van der Waals surface area contributed by atoms with Crippen LogP contribution >= 0.6 is 0 Å². The van der Waals surface area contributed by atoms with Gasteiger partial charge in [-0.3, -0.25) is 0 Å². The lowest BCUT2D eigenvalue weighted by atomic mass is 10.7. The fourth-order valence-electron chi connectivity index (χ4n) is 0.253. The minimum absolute atomic E-state index is 0.250. The molecular formula is C6H7FN2. The summed E-state index contributed by atoms with van der Waals surface area (Å²) >= 11 is 0. The van der Waals surface area contributed by atoms with Crippen molar-refractivity contribution < 1.29 is 4.39 Å². The Morgan fingerprint density at radius 3 is 1.89 bits per heavy atom. The molecule has 0 unspecified atom stereocenters. The first-order valence-electron chi connectivity index (χ1n) is 2.33. The van der Waals surface area contributed by atoms with Crippen LogP contribution in [-0.4, -0.2) is 9.97 Å². The van der Waals surface area contributed by atoms with Gasteiger partial charge in [-0.05, 0) is 6.07 Å². The maximum absolute atomic E-state index is 10.1. The average molecular weight is 126 g/mol. The molecule has 2 nitrogen and oxygen atoms in total. The molecule has 0 atom stereocenters. The van der Waals surface area contributed by atoms with Crippen molar-refractivity contribution in [3.8, 4) is 0 Å². The predicted molar refractivity (Wildman–Crippen MR) is 33.3 cm³/mol. The van der Waals surface area contributed by atoms with Crippen molar-refractivity contribution in [3.63, 3.8) is 0 Å². The first-order valence-corrected chi connectivity index (χ1v) is 2.33. The molecule has 1 aromatic heterocycles. The van der Waals surface area contributed by atoms with Crippen molar-refractivity contribution in [2.75, 3.05) is 0 Å². The van der Waals surface area contributed by atoms with Crippen molar-refractivity contribution in [2.45, 2.75) is 0 Å². The van der Waals surface area contributed by atoms with Crippen molar-refractivity contribution in [3.05, 3.63) is 37.7 Å². The molecule has 0 aliphatic carbocycles. The molecule has 0 spiro atoms. The van der Waals surface area contributed by atoms with Gasteiger partial charge in [0, 0.05) is 12.4 Å². The number of aromatic nitrogens is 2. The Kier molecular flexibility index (Phi) is 5.81. The van der Waals surface area contributed by atoms with E-state index in [0.717, 1.165) is 0 Å². The lowest BCUT2D eigenvalue weighted by Gasteiger charge is -1.70. The average Bonchev–Trinajstić information content (AvgIpc) is 1.93. The molecule has 9 heavy (non-hydrogen) atoms. The summed E-state index contributed by atoms with van der Waals surface area (Å²) in [6.45, 7) is 2.69. The molecule has 1 heterocycles. The molecule has 0 aromatic carbocycles. The summed E-state index contributed by atoms with van der Waals surface area (Å²) in [6.07, 6.45) is 5.12. The normalized spacial score (nSPS) is 6.78. The fraction of sp³-hybridized carbons (Fsp3) is 0. The van der Waals surface area contributed by atoms with Crippen LogP contribution in [0.15, 0.2) is 37.7 Å². The molecule has 0 amide bonds. The minimum atomic E-state index is 0.250. The van der Waals surface area contributed by atoms with Crippen LogP contribution in [0.4, 0.5) is 4.39 Å². The van der Waals surface area contributed by atoms with Gasteiger partial charge < -0.3 is 0 Å². The van der Waals surface area contributed by atoms with Crippen molar-refractivity contribution in [2.24, 2.45) is 0 Å². The molecule has 0 fully saturated rings. The van der Waals surface area contributed by atoms with Crippen LogP contribution in [0, 0.1) is 0 Å². The molecular weight excluding hydrogens is 119 g/mol. The van der Waals surface area contributed by atoms with E-state index in [2.05, 4.69) is 16.5 Å². The Labute approximate surface area is 53.1 Å². The summed E-state index contributed by atoms with van der Waals surface area (Å²) in [5.41, 5.74) is 0. The van der Waals surface area contributed by atoms with Gasteiger partial charge in [0.2, 0.25) is 0 Å². The molecule has 3 heteroatoms. The van der Waals surface area contributed by atoms with E-state index < -0.39 is 0 Å². The van der Waals surface area contributed by atoms with E-state index in [1.807, 2.05) is 0 Å². The highest BCUT2D eigenvalue weighted by molar-refractivity contribution is 4.74. The molecule has 1 aromatic rings. The van der Waals surface area contributed by atoms with Crippen LogP contribution in [0.1, 0.15) is 0 Å². The molecule has 1 rings (SSSR count). The van der Waals surface area contributed by atoms with Gasteiger partial charge in [0.05, 0.1) is 6.33 Å². The topological polar surface area (TPSA) is 25.8 Å². The Morgan fingerprint density at radius 1 is 1.33 bits per heavy atom. The lowest BCUT2D eigenvalue weighted by molar-refractivity contribution is 0.725. The van der Waals surface area contributed by atoms with Crippen LogP contribution in [0.25, 0.3) is 0 Å². The number of hydrogen-bond donors (Lipinski definition) is 0. The van der Waals surface area contributed by atoms with Gasteiger partial charge in [-0.15, -0.1) is 0 Å². The van der Waals surface area contributed by atoms with Gasteiger partial charge in [-0.1, -0.05) is 6.58 Å². The molecule has 0 saturated carbocycles. The predicted octanol–water partition coefficient (Wildman–Crippen LogP) is 1.58. The third-order valence-corrected chi connectivity index (χ3v) is 0.478. The third kappa shape index (κ3) is 6.75. The van der Waals surface area contributed by atoms with E-state index in [9.17, 15) is 4.39 Å². The van der Waals surface area contributed by atoms with E-state index in [1.165, 1.54) is 6.33 Å². The van der Waals surface area contributed by atoms with E-state index in [-0.39, 0.29) is 6.33 Å². The molecule has 48 valence electrons. The van der Waals surface area contributed by atoms with Gasteiger partial charge in [0.1, 0.15) is 6.33 Å². The van der Waals surface area contributed by atoms with Crippen molar-refractivity contribution >= 4 is 0 Å². The SMILES string of the molecule is C=CF.c1cncnc1. The highest BCUT2D eigenvalue weighted by Gasteiger charge is 1.59. The van der Waals surface area contributed by atoms with E-state index in [0.29, 0.717) is 0 Å². The van der Waals surface area contributed by atoms with Gasteiger partial charge in [0.15, 0.2) is 0 Å². The van der Waals surface area contributed by atoms with Crippen LogP contribution in [0.5, 0.6) is 0 Å². The Morgan fingerprint density at radius 2 is 1.78 bits per heavy atom. The zero-order chi connectivity index (χ0) is 6.95. The minimum Gasteiger partial charge on any atom is -0.245 e. The summed E-state index contributed by atoms with van der Waals surface area (Å²) in [7, 11) is 0. The smallest absolute Gasteiger partial charge is 0.115 e. The Hall–Kier alpha value is -1.25. The van der Waals surface area contributed by atoms with Gasteiger partial charge in [-0.25, -0.2) is 14.4 Å². The number of rotatable bonds is 0. The van der Waals surface area contributed by atoms with E-state index >= 15 is 0 Å².